The number of benzene rings is 1. The van der Waals surface area contributed by atoms with Crippen LogP contribution in [0.2, 0.25) is 0 Å². The van der Waals surface area contributed by atoms with Crippen LogP contribution in [0.4, 0.5) is 5.69 Å². The van der Waals surface area contributed by atoms with Gasteiger partial charge in [0, 0.05) is 31.9 Å². The van der Waals surface area contributed by atoms with Gasteiger partial charge < -0.3 is 15.4 Å². The SMILES string of the molecule is CC(C)(C)c1ccc(NC(=O)C2(C(=O)NCCN3CCOCC3)CC2)cc1. The summed E-state index contributed by atoms with van der Waals surface area (Å²) in [6.45, 7) is 11.1. The molecule has 0 bridgehead atoms. The van der Waals surface area contributed by atoms with Crippen LogP contribution in [0.3, 0.4) is 0 Å². The Balaban J connectivity index is 1.50. The molecule has 1 aromatic rings. The van der Waals surface area contributed by atoms with E-state index in [1.807, 2.05) is 24.3 Å². The van der Waals surface area contributed by atoms with Crippen LogP contribution in [-0.2, 0) is 19.7 Å². The second-order valence-corrected chi connectivity index (χ2v) is 8.57. The van der Waals surface area contributed by atoms with Gasteiger partial charge in [0.25, 0.3) is 0 Å². The average molecular weight is 373 g/mol. The van der Waals surface area contributed by atoms with Crippen LogP contribution >= 0.6 is 0 Å². The number of ether oxygens (including phenoxy) is 1. The normalized spacial score (nSPS) is 19.4. The van der Waals surface area contributed by atoms with E-state index in [4.69, 9.17) is 4.74 Å². The van der Waals surface area contributed by atoms with Crippen LogP contribution in [0.5, 0.6) is 0 Å². The molecule has 0 atom stereocenters. The first-order valence-electron chi connectivity index (χ1n) is 9.82. The Morgan fingerprint density at radius 2 is 1.70 bits per heavy atom. The summed E-state index contributed by atoms with van der Waals surface area (Å²) in [7, 11) is 0. The number of amides is 2. The lowest BCUT2D eigenvalue weighted by Crippen LogP contribution is -2.45. The van der Waals surface area contributed by atoms with Crippen molar-refractivity contribution < 1.29 is 14.3 Å². The molecule has 3 rings (SSSR count). The predicted molar refractivity (Wildman–Crippen MR) is 106 cm³/mol. The van der Waals surface area contributed by atoms with Gasteiger partial charge in [-0.1, -0.05) is 32.9 Å². The predicted octanol–water partition coefficient (Wildman–Crippen LogP) is 2.15. The van der Waals surface area contributed by atoms with E-state index >= 15 is 0 Å². The maximum absolute atomic E-state index is 12.7. The van der Waals surface area contributed by atoms with Gasteiger partial charge in [-0.15, -0.1) is 0 Å². The molecule has 2 fully saturated rings. The summed E-state index contributed by atoms with van der Waals surface area (Å²) in [5, 5.41) is 5.86. The second-order valence-electron chi connectivity index (χ2n) is 8.57. The Hall–Kier alpha value is -1.92. The molecule has 2 amide bonds. The highest BCUT2D eigenvalue weighted by molar-refractivity contribution is 6.13. The van der Waals surface area contributed by atoms with Crippen LogP contribution in [0.15, 0.2) is 24.3 Å². The molecule has 1 heterocycles. The summed E-state index contributed by atoms with van der Waals surface area (Å²) < 4.78 is 5.32. The monoisotopic (exact) mass is 373 g/mol. The third-order valence-electron chi connectivity index (χ3n) is 5.45. The molecule has 2 N–H and O–H groups in total. The first-order chi connectivity index (χ1) is 12.8. The van der Waals surface area contributed by atoms with Crippen LogP contribution in [0.1, 0.15) is 39.2 Å². The number of nitrogens with one attached hydrogen (secondary N) is 2. The highest BCUT2D eigenvalue weighted by Crippen LogP contribution is 2.46. The van der Waals surface area contributed by atoms with Crippen molar-refractivity contribution in [3.63, 3.8) is 0 Å². The van der Waals surface area contributed by atoms with Crippen molar-refractivity contribution in [2.45, 2.75) is 39.0 Å². The van der Waals surface area contributed by atoms with Gasteiger partial charge in [0.05, 0.1) is 13.2 Å². The van der Waals surface area contributed by atoms with Gasteiger partial charge >= 0.3 is 0 Å². The molecule has 6 nitrogen and oxygen atoms in total. The number of hydrogen-bond donors (Lipinski definition) is 2. The van der Waals surface area contributed by atoms with E-state index in [1.165, 1.54) is 5.56 Å². The fourth-order valence-electron chi connectivity index (χ4n) is 3.31. The van der Waals surface area contributed by atoms with Gasteiger partial charge in [-0.3, -0.25) is 14.5 Å². The maximum atomic E-state index is 12.7. The van der Waals surface area contributed by atoms with E-state index in [2.05, 4.69) is 36.3 Å². The molecule has 1 saturated heterocycles. The molecular formula is C21H31N3O3. The molecule has 0 aromatic heterocycles. The van der Waals surface area contributed by atoms with Crippen molar-refractivity contribution in [3.8, 4) is 0 Å². The number of nitrogens with zero attached hydrogens (tertiary/aromatic N) is 1. The first kappa shape index (κ1) is 19.8. The number of rotatable bonds is 6. The molecule has 27 heavy (non-hydrogen) atoms. The summed E-state index contributed by atoms with van der Waals surface area (Å²) in [6, 6.07) is 7.87. The third-order valence-corrected chi connectivity index (χ3v) is 5.45. The summed E-state index contributed by atoms with van der Waals surface area (Å²) >= 11 is 0. The van der Waals surface area contributed by atoms with Gasteiger partial charge in [-0.25, -0.2) is 0 Å². The van der Waals surface area contributed by atoms with Gasteiger partial charge in [-0.2, -0.15) is 0 Å². The van der Waals surface area contributed by atoms with E-state index in [0.717, 1.165) is 38.5 Å². The van der Waals surface area contributed by atoms with Crippen LogP contribution in [0, 0.1) is 5.41 Å². The lowest BCUT2D eigenvalue weighted by atomic mass is 9.87. The first-order valence-corrected chi connectivity index (χ1v) is 9.82. The highest BCUT2D eigenvalue weighted by atomic mass is 16.5. The highest BCUT2D eigenvalue weighted by Gasteiger charge is 2.56. The number of carbonyl (C=O) groups excluding carboxylic acids is 2. The summed E-state index contributed by atoms with van der Waals surface area (Å²) in [4.78, 5) is 27.5. The van der Waals surface area contributed by atoms with Crippen molar-refractivity contribution in [1.82, 2.24) is 10.2 Å². The molecule has 2 aliphatic rings. The summed E-state index contributed by atoms with van der Waals surface area (Å²) in [5.74, 6) is -0.352. The Kier molecular flexibility index (Phi) is 5.86. The molecule has 1 saturated carbocycles. The van der Waals surface area contributed by atoms with E-state index in [1.54, 1.807) is 0 Å². The molecule has 1 aliphatic heterocycles. The van der Waals surface area contributed by atoms with E-state index in [-0.39, 0.29) is 17.2 Å². The molecule has 148 valence electrons. The Morgan fingerprint density at radius 1 is 1.07 bits per heavy atom. The zero-order valence-electron chi connectivity index (χ0n) is 16.6. The van der Waals surface area contributed by atoms with Crippen molar-refractivity contribution in [3.05, 3.63) is 29.8 Å². The molecule has 1 aromatic carbocycles. The molecule has 0 radical (unpaired) electrons. The number of hydrogen-bond acceptors (Lipinski definition) is 4. The lowest BCUT2D eigenvalue weighted by molar-refractivity contribution is -0.134. The zero-order valence-corrected chi connectivity index (χ0v) is 16.6. The average Bonchev–Trinajstić information content (AvgIpc) is 3.44. The van der Waals surface area contributed by atoms with Gasteiger partial charge in [0.15, 0.2) is 0 Å². The smallest absolute Gasteiger partial charge is 0.240 e. The molecule has 0 unspecified atom stereocenters. The Labute approximate surface area is 161 Å². The van der Waals surface area contributed by atoms with Crippen molar-refractivity contribution in [1.29, 1.82) is 0 Å². The van der Waals surface area contributed by atoms with Crippen molar-refractivity contribution in [2.24, 2.45) is 5.41 Å². The van der Waals surface area contributed by atoms with E-state index in [0.29, 0.717) is 19.4 Å². The Bertz CT molecular complexity index is 669. The van der Waals surface area contributed by atoms with E-state index in [9.17, 15) is 9.59 Å². The van der Waals surface area contributed by atoms with E-state index < -0.39 is 5.41 Å². The molecule has 6 heteroatoms. The minimum absolute atomic E-state index is 0.0701. The fraction of sp³-hybridized carbons (Fsp3) is 0.619. The van der Waals surface area contributed by atoms with Gasteiger partial charge in [0.2, 0.25) is 11.8 Å². The quantitative estimate of drug-likeness (QED) is 0.750. The zero-order chi connectivity index (χ0) is 19.5. The third kappa shape index (κ3) is 4.87. The molecule has 0 spiro atoms. The fourth-order valence-corrected chi connectivity index (χ4v) is 3.31. The largest absolute Gasteiger partial charge is 0.379 e. The standard InChI is InChI=1S/C21H31N3O3/c1-20(2,3)16-4-6-17(7-5-16)23-19(26)21(8-9-21)18(25)22-10-11-24-12-14-27-15-13-24/h4-7H,8-15H2,1-3H3,(H,22,25)(H,23,26). The topological polar surface area (TPSA) is 70.7 Å². The van der Waals surface area contributed by atoms with Crippen molar-refractivity contribution in [2.75, 3.05) is 44.7 Å². The number of carbonyl (C=O) groups is 2. The summed E-state index contributed by atoms with van der Waals surface area (Å²) in [5.41, 5.74) is 1.12. The summed E-state index contributed by atoms with van der Waals surface area (Å²) in [6.07, 6.45) is 1.23. The molecule has 1 aliphatic carbocycles. The van der Waals surface area contributed by atoms with Gasteiger partial charge in [-0.05, 0) is 36.0 Å². The van der Waals surface area contributed by atoms with Crippen LogP contribution < -0.4 is 10.6 Å². The minimum atomic E-state index is -0.895. The lowest BCUT2D eigenvalue weighted by Gasteiger charge is -2.26. The van der Waals surface area contributed by atoms with Crippen molar-refractivity contribution >= 4 is 17.5 Å². The number of anilines is 1. The molecular weight excluding hydrogens is 342 g/mol. The number of morpholine rings is 1. The second kappa shape index (κ2) is 7.98. The maximum Gasteiger partial charge on any atom is 0.240 e. The van der Waals surface area contributed by atoms with Crippen LogP contribution in [0.25, 0.3) is 0 Å². The van der Waals surface area contributed by atoms with Gasteiger partial charge in [0.1, 0.15) is 5.41 Å². The Morgan fingerprint density at radius 3 is 2.26 bits per heavy atom. The van der Waals surface area contributed by atoms with Crippen LogP contribution in [-0.4, -0.2) is 56.1 Å². The minimum Gasteiger partial charge on any atom is -0.379 e.